The van der Waals surface area contributed by atoms with Gasteiger partial charge in [0.15, 0.2) is 0 Å². The lowest BCUT2D eigenvalue weighted by molar-refractivity contribution is 0.588. The monoisotopic (exact) mass is 254 g/mol. The summed E-state index contributed by atoms with van der Waals surface area (Å²) >= 11 is 6.30. The van der Waals surface area contributed by atoms with Crippen LogP contribution in [0.1, 0.15) is 33.3 Å². The van der Waals surface area contributed by atoms with Crippen LogP contribution in [-0.4, -0.2) is 19.1 Å². The average Bonchev–Trinajstić information content (AvgIpc) is 2.29. The van der Waals surface area contributed by atoms with E-state index in [4.69, 9.17) is 11.6 Å². The Kier molecular flexibility index (Phi) is 5.79. The van der Waals surface area contributed by atoms with E-state index in [1.54, 1.807) is 0 Å². The Morgan fingerprint density at radius 3 is 2.41 bits per heavy atom. The minimum atomic E-state index is 0.468. The van der Waals surface area contributed by atoms with Crippen LogP contribution in [-0.2, 0) is 6.54 Å². The first kappa shape index (κ1) is 14.3. The van der Waals surface area contributed by atoms with Crippen LogP contribution in [0.3, 0.4) is 0 Å². The third-order valence-electron chi connectivity index (χ3n) is 2.89. The van der Waals surface area contributed by atoms with Gasteiger partial charge in [0, 0.05) is 41.9 Å². The van der Waals surface area contributed by atoms with Gasteiger partial charge >= 0.3 is 0 Å². The summed E-state index contributed by atoms with van der Waals surface area (Å²) in [5.41, 5.74) is 2.45. The maximum Gasteiger partial charge on any atom is 0.0471 e. The minimum absolute atomic E-state index is 0.468. The third-order valence-corrected chi connectivity index (χ3v) is 3.24. The molecular formula is C14H23ClN2. The van der Waals surface area contributed by atoms with Gasteiger partial charge in [-0.25, -0.2) is 0 Å². The molecule has 0 atom stereocenters. The number of nitrogens with zero attached hydrogens (tertiary/aromatic N) is 1. The fourth-order valence-electron chi connectivity index (χ4n) is 1.89. The molecule has 1 rings (SSSR count). The summed E-state index contributed by atoms with van der Waals surface area (Å²) in [5.74, 6) is 0. The van der Waals surface area contributed by atoms with Crippen LogP contribution < -0.4 is 10.2 Å². The van der Waals surface area contributed by atoms with E-state index in [1.165, 1.54) is 11.3 Å². The first-order chi connectivity index (χ1) is 8.10. The molecule has 17 heavy (non-hydrogen) atoms. The molecule has 2 nitrogen and oxygen atoms in total. The van der Waals surface area contributed by atoms with Crippen molar-refractivity contribution in [2.75, 3.05) is 18.0 Å². The molecule has 0 aliphatic rings. The standard InChI is InChI=1S/C14H23ClN2/c1-5-17(6-2)14-9-7-8-13(15)12(14)10-16-11(3)4/h7-9,11,16H,5-6,10H2,1-4H3. The maximum absolute atomic E-state index is 6.30. The molecule has 1 aromatic rings. The van der Waals surface area contributed by atoms with Crippen molar-refractivity contribution in [3.05, 3.63) is 28.8 Å². The lowest BCUT2D eigenvalue weighted by Gasteiger charge is -2.25. The van der Waals surface area contributed by atoms with Gasteiger partial charge in [0.2, 0.25) is 0 Å². The summed E-state index contributed by atoms with van der Waals surface area (Å²) < 4.78 is 0. The number of nitrogens with one attached hydrogen (secondary N) is 1. The van der Waals surface area contributed by atoms with Crippen molar-refractivity contribution in [2.24, 2.45) is 0 Å². The SMILES string of the molecule is CCN(CC)c1cccc(Cl)c1CNC(C)C. The number of anilines is 1. The lowest BCUT2D eigenvalue weighted by Crippen LogP contribution is -2.27. The second kappa shape index (κ2) is 6.87. The molecule has 0 spiro atoms. The van der Waals surface area contributed by atoms with Crippen molar-refractivity contribution in [1.29, 1.82) is 0 Å². The zero-order valence-corrected chi connectivity index (χ0v) is 12.0. The van der Waals surface area contributed by atoms with Crippen molar-refractivity contribution < 1.29 is 0 Å². The van der Waals surface area contributed by atoms with Crippen LogP contribution in [0.4, 0.5) is 5.69 Å². The zero-order valence-electron chi connectivity index (χ0n) is 11.3. The summed E-state index contributed by atoms with van der Waals surface area (Å²) in [6.45, 7) is 11.5. The Morgan fingerprint density at radius 2 is 1.88 bits per heavy atom. The molecule has 0 heterocycles. The molecule has 0 aliphatic carbocycles. The van der Waals surface area contributed by atoms with E-state index in [0.717, 1.165) is 24.7 Å². The Labute approximate surface area is 110 Å². The fourth-order valence-corrected chi connectivity index (χ4v) is 2.13. The van der Waals surface area contributed by atoms with Gasteiger partial charge in [-0.2, -0.15) is 0 Å². The first-order valence-corrected chi connectivity index (χ1v) is 6.73. The van der Waals surface area contributed by atoms with Crippen LogP contribution in [0, 0.1) is 0 Å². The predicted octanol–water partition coefficient (Wildman–Crippen LogP) is 3.68. The molecular weight excluding hydrogens is 232 g/mol. The quantitative estimate of drug-likeness (QED) is 0.833. The van der Waals surface area contributed by atoms with E-state index in [1.807, 2.05) is 12.1 Å². The maximum atomic E-state index is 6.30. The number of hydrogen-bond acceptors (Lipinski definition) is 2. The predicted molar refractivity (Wildman–Crippen MR) is 77.0 cm³/mol. The molecule has 1 aromatic carbocycles. The Bertz CT molecular complexity index is 346. The summed E-state index contributed by atoms with van der Waals surface area (Å²) in [5, 5.41) is 4.28. The Morgan fingerprint density at radius 1 is 1.24 bits per heavy atom. The van der Waals surface area contributed by atoms with Gasteiger partial charge in [0.05, 0.1) is 0 Å². The Balaban J connectivity index is 2.98. The van der Waals surface area contributed by atoms with Crippen molar-refractivity contribution in [3.63, 3.8) is 0 Å². The van der Waals surface area contributed by atoms with Crippen LogP contribution in [0.2, 0.25) is 5.02 Å². The van der Waals surface area contributed by atoms with Crippen LogP contribution in [0.15, 0.2) is 18.2 Å². The molecule has 0 radical (unpaired) electrons. The Hall–Kier alpha value is -0.730. The fraction of sp³-hybridized carbons (Fsp3) is 0.571. The molecule has 0 aromatic heterocycles. The highest BCUT2D eigenvalue weighted by molar-refractivity contribution is 6.31. The molecule has 0 aliphatic heterocycles. The van der Waals surface area contributed by atoms with Crippen LogP contribution in [0.25, 0.3) is 0 Å². The second-order valence-electron chi connectivity index (χ2n) is 4.45. The van der Waals surface area contributed by atoms with E-state index in [0.29, 0.717) is 6.04 Å². The van der Waals surface area contributed by atoms with Crippen LogP contribution >= 0.6 is 11.6 Å². The topological polar surface area (TPSA) is 15.3 Å². The molecule has 0 amide bonds. The van der Waals surface area contributed by atoms with Gasteiger partial charge in [0.25, 0.3) is 0 Å². The molecule has 3 heteroatoms. The number of rotatable bonds is 6. The summed E-state index contributed by atoms with van der Waals surface area (Å²) in [6, 6.07) is 6.60. The number of halogens is 1. The molecule has 0 unspecified atom stereocenters. The summed E-state index contributed by atoms with van der Waals surface area (Å²) in [4.78, 5) is 2.34. The summed E-state index contributed by atoms with van der Waals surface area (Å²) in [6.07, 6.45) is 0. The molecule has 0 saturated heterocycles. The average molecular weight is 255 g/mol. The molecule has 1 N–H and O–H groups in total. The minimum Gasteiger partial charge on any atom is -0.372 e. The van der Waals surface area contributed by atoms with Gasteiger partial charge in [-0.3, -0.25) is 0 Å². The third kappa shape index (κ3) is 3.90. The number of benzene rings is 1. The number of hydrogen-bond donors (Lipinski definition) is 1. The van der Waals surface area contributed by atoms with E-state index >= 15 is 0 Å². The molecule has 0 bridgehead atoms. The second-order valence-corrected chi connectivity index (χ2v) is 4.85. The molecule has 96 valence electrons. The first-order valence-electron chi connectivity index (χ1n) is 6.35. The highest BCUT2D eigenvalue weighted by Crippen LogP contribution is 2.27. The highest BCUT2D eigenvalue weighted by Gasteiger charge is 2.11. The summed E-state index contributed by atoms with van der Waals surface area (Å²) in [7, 11) is 0. The molecule has 0 fully saturated rings. The van der Waals surface area contributed by atoms with E-state index in [-0.39, 0.29) is 0 Å². The van der Waals surface area contributed by atoms with Gasteiger partial charge in [-0.15, -0.1) is 0 Å². The smallest absolute Gasteiger partial charge is 0.0471 e. The largest absolute Gasteiger partial charge is 0.372 e. The highest BCUT2D eigenvalue weighted by atomic mass is 35.5. The van der Waals surface area contributed by atoms with E-state index in [2.05, 4.69) is 44.0 Å². The van der Waals surface area contributed by atoms with Crippen molar-refractivity contribution in [3.8, 4) is 0 Å². The van der Waals surface area contributed by atoms with Gasteiger partial charge in [-0.05, 0) is 26.0 Å². The normalized spacial score (nSPS) is 10.9. The zero-order chi connectivity index (χ0) is 12.8. The molecule has 0 saturated carbocycles. The van der Waals surface area contributed by atoms with E-state index in [9.17, 15) is 0 Å². The van der Waals surface area contributed by atoms with Gasteiger partial charge in [0.1, 0.15) is 0 Å². The van der Waals surface area contributed by atoms with E-state index < -0.39 is 0 Å². The lowest BCUT2D eigenvalue weighted by atomic mass is 10.1. The van der Waals surface area contributed by atoms with Gasteiger partial charge < -0.3 is 10.2 Å². The van der Waals surface area contributed by atoms with Crippen molar-refractivity contribution in [2.45, 2.75) is 40.3 Å². The van der Waals surface area contributed by atoms with Crippen molar-refractivity contribution >= 4 is 17.3 Å². The van der Waals surface area contributed by atoms with Gasteiger partial charge in [-0.1, -0.05) is 31.5 Å². The van der Waals surface area contributed by atoms with Crippen LogP contribution in [0.5, 0.6) is 0 Å². The van der Waals surface area contributed by atoms with Crippen molar-refractivity contribution in [1.82, 2.24) is 5.32 Å².